The molecule has 178 valence electrons. The second kappa shape index (κ2) is 9.16. The number of furan rings is 1. The van der Waals surface area contributed by atoms with E-state index in [0.29, 0.717) is 17.9 Å². The number of nitrogens with one attached hydrogen (secondary N) is 1. The van der Waals surface area contributed by atoms with Crippen LogP contribution < -0.4 is 5.32 Å². The van der Waals surface area contributed by atoms with Crippen LogP contribution in [0.4, 0.5) is 32.0 Å². The Morgan fingerprint density at radius 3 is 2.27 bits per heavy atom. The number of carbonyl (C=O) groups excluding carboxylic acids is 3. The fourth-order valence-corrected chi connectivity index (χ4v) is 3.15. The van der Waals surface area contributed by atoms with E-state index in [-0.39, 0.29) is 31.5 Å². The summed E-state index contributed by atoms with van der Waals surface area (Å²) in [4.78, 5) is 37.5. The van der Waals surface area contributed by atoms with Crippen molar-refractivity contribution in [1.29, 1.82) is 0 Å². The maximum Gasteiger partial charge on any atom is 0.416 e. The van der Waals surface area contributed by atoms with Gasteiger partial charge in [-0.2, -0.15) is 26.3 Å². The normalized spacial score (nSPS) is 16.7. The summed E-state index contributed by atoms with van der Waals surface area (Å²) in [7, 11) is 0. The van der Waals surface area contributed by atoms with Crippen LogP contribution in [-0.2, 0) is 38.0 Å². The Morgan fingerprint density at radius 2 is 1.73 bits per heavy atom. The highest BCUT2D eigenvalue weighted by Gasteiger charge is 2.38. The van der Waals surface area contributed by atoms with Gasteiger partial charge in [0.25, 0.3) is 5.91 Å². The Morgan fingerprint density at radius 1 is 1.09 bits per heavy atom. The lowest BCUT2D eigenvalue weighted by Crippen LogP contribution is -2.28. The molecule has 0 unspecified atom stereocenters. The molecule has 33 heavy (non-hydrogen) atoms. The SMILES string of the molecule is O=C(COC(=O)[C@@H]1CC(=O)N(Cc2ccco2)C1)Nc1cc(C(F)(F)F)cc(C(F)(F)F)c1. The van der Waals surface area contributed by atoms with Gasteiger partial charge in [0.1, 0.15) is 5.76 Å². The van der Waals surface area contributed by atoms with Gasteiger partial charge in [-0.05, 0) is 30.3 Å². The maximum absolute atomic E-state index is 12.9. The van der Waals surface area contributed by atoms with Crippen LogP contribution in [-0.4, -0.2) is 35.8 Å². The summed E-state index contributed by atoms with van der Waals surface area (Å²) in [5.41, 5.74) is -3.98. The second-order valence-electron chi connectivity index (χ2n) is 7.21. The summed E-state index contributed by atoms with van der Waals surface area (Å²) >= 11 is 0. The van der Waals surface area contributed by atoms with E-state index in [0.717, 1.165) is 0 Å². The van der Waals surface area contributed by atoms with E-state index in [2.05, 4.69) is 0 Å². The molecular formula is C20H16F6N2O5. The summed E-state index contributed by atoms with van der Waals surface area (Å²) in [5, 5.41) is 1.85. The average molecular weight is 478 g/mol. The molecule has 7 nitrogen and oxygen atoms in total. The number of hydrogen-bond donors (Lipinski definition) is 1. The van der Waals surface area contributed by atoms with Gasteiger partial charge < -0.3 is 19.4 Å². The largest absolute Gasteiger partial charge is 0.467 e. The van der Waals surface area contributed by atoms with Crippen LogP contribution in [0, 0.1) is 5.92 Å². The first-order chi connectivity index (χ1) is 15.3. The summed E-state index contributed by atoms with van der Waals surface area (Å²) < 4.78 is 87.3. The predicted molar refractivity (Wildman–Crippen MR) is 98.3 cm³/mol. The van der Waals surface area contributed by atoms with Gasteiger partial charge in [-0.15, -0.1) is 0 Å². The minimum absolute atomic E-state index is 0.00254. The van der Waals surface area contributed by atoms with Crippen LogP contribution in [0.15, 0.2) is 41.0 Å². The highest BCUT2D eigenvalue weighted by Crippen LogP contribution is 2.37. The van der Waals surface area contributed by atoms with Crippen molar-refractivity contribution in [2.75, 3.05) is 18.5 Å². The van der Waals surface area contributed by atoms with Crippen LogP contribution in [0.25, 0.3) is 0 Å². The smallest absolute Gasteiger partial charge is 0.416 e. The molecule has 2 amide bonds. The van der Waals surface area contributed by atoms with E-state index < -0.39 is 53.6 Å². The number of anilines is 1. The molecular weight excluding hydrogens is 462 g/mol. The fraction of sp³-hybridized carbons (Fsp3) is 0.350. The van der Waals surface area contributed by atoms with Crippen LogP contribution in [0.5, 0.6) is 0 Å². The maximum atomic E-state index is 12.9. The van der Waals surface area contributed by atoms with E-state index in [4.69, 9.17) is 9.15 Å². The molecule has 1 atom stereocenters. The molecule has 0 radical (unpaired) electrons. The summed E-state index contributed by atoms with van der Waals surface area (Å²) in [6.07, 6.45) is -8.92. The van der Waals surface area contributed by atoms with Crippen molar-refractivity contribution >= 4 is 23.5 Å². The standard InChI is InChI=1S/C20H16F6N2O5/c21-19(22,23)12-5-13(20(24,25)26)7-14(6-12)27-16(29)10-33-18(31)11-4-17(30)28(8-11)9-15-2-1-3-32-15/h1-3,5-7,11H,4,8-10H2,(H,27,29)/t11-/m1/s1. The van der Waals surface area contributed by atoms with Crippen LogP contribution in [0.3, 0.4) is 0 Å². The zero-order valence-corrected chi connectivity index (χ0v) is 16.6. The minimum atomic E-state index is -5.08. The van der Waals surface area contributed by atoms with E-state index in [1.807, 2.05) is 5.32 Å². The van der Waals surface area contributed by atoms with Crippen molar-refractivity contribution in [3.05, 3.63) is 53.5 Å². The number of amides is 2. The van der Waals surface area contributed by atoms with Gasteiger partial charge in [-0.25, -0.2) is 0 Å². The first kappa shape index (κ1) is 24.1. The Kier molecular flexibility index (Phi) is 6.70. The number of likely N-dealkylation sites (tertiary alicyclic amines) is 1. The Bertz CT molecular complexity index is 1000. The molecule has 1 saturated heterocycles. The van der Waals surface area contributed by atoms with Crippen molar-refractivity contribution in [3.63, 3.8) is 0 Å². The number of esters is 1. The summed E-state index contributed by atoms with van der Waals surface area (Å²) in [6, 6.07) is 3.85. The highest BCUT2D eigenvalue weighted by molar-refractivity contribution is 5.94. The quantitative estimate of drug-likeness (QED) is 0.504. The molecule has 1 aliphatic rings. The lowest BCUT2D eigenvalue weighted by Gasteiger charge is -2.15. The Hall–Kier alpha value is -3.51. The molecule has 3 rings (SSSR count). The Balaban J connectivity index is 1.58. The monoisotopic (exact) mass is 478 g/mol. The van der Waals surface area contributed by atoms with Crippen molar-refractivity contribution in [1.82, 2.24) is 4.90 Å². The summed E-state index contributed by atoms with van der Waals surface area (Å²) in [5.74, 6) is -2.78. The number of ether oxygens (including phenoxy) is 1. The van der Waals surface area contributed by atoms with Gasteiger partial charge in [-0.3, -0.25) is 14.4 Å². The molecule has 1 N–H and O–H groups in total. The van der Waals surface area contributed by atoms with Crippen molar-refractivity contribution < 1.29 is 49.9 Å². The average Bonchev–Trinajstić information content (AvgIpc) is 3.35. The van der Waals surface area contributed by atoms with E-state index >= 15 is 0 Å². The zero-order valence-electron chi connectivity index (χ0n) is 16.6. The van der Waals surface area contributed by atoms with Gasteiger partial charge in [-0.1, -0.05) is 0 Å². The highest BCUT2D eigenvalue weighted by atomic mass is 19.4. The van der Waals surface area contributed by atoms with Gasteiger partial charge >= 0.3 is 18.3 Å². The molecule has 0 aliphatic carbocycles. The minimum Gasteiger partial charge on any atom is -0.467 e. The Labute approximate surface area is 182 Å². The zero-order chi connectivity index (χ0) is 24.4. The molecule has 1 aromatic heterocycles. The molecule has 13 heteroatoms. The molecule has 1 aromatic carbocycles. The van der Waals surface area contributed by atoms with Crippen molar-refractivity contribution in [2.24, 2.45) is 5.92 Å². The van der Waals surface area contributed by atoms with E-state index in [1.54, 1.807) is 12.1 Å². The lowest BCUT2D eigenvalue weighted by molar-refractivity contribution is -0.151. The second-order valence-corrected chi connectivity index (χ2v) is 7.21. The first-order valence-electron chi connectivity index (χ1n) is 9.39. The van der Waals surface area contributed by atoms with E-state index in [1.165, 1.54) is 11.2 Å². The van der Waals surface area contributed by atoms with Crippen molar-refractivity contribution in [2.45, 2.75) is 25.3 Å². The third kappa shape index (κ3) is 6.26. The summed E-state index contributed by atoms with van der Waals surface area (Å²) in [6.45, 7) is -0.824. The number of carbonyl (C=O) groups is 3. The first-order valence-corrected chi connectivity index (χ1v) is 9.39. The number of hydrogen-bond acceptors (Lipinski definition) is 5. The number of rotatable bonds is 6. The third-order valence-corrected chi connectivity index (χ3v) is 4.69. The number of alkyl halides is 6. The molecule has 0 bridgehead atoms. The van der Waals surface area contributed by atoms with Gasteiger partial charge in [0, 0.05) is 18.7 Å². The van der Waals surface area contributed by atoms with Gasteiger partial charge in [0.15, 0.2) is 6.61 Å². The molecule has 0 spiro atoms. The molecule has 0 saturated carbocycles. The number of halogens is 6. The van der Waals surface area contributed by atoms with Crippen LogP contribution in [0.1, 0.15) is 23.3 Å². The van der Waals surface area contributed by atoms with E-state index in [9.17, 15) is 40.7 Å². The number of benzene rings is 1. The molecule has 2 heterocycles. The van der Waals surface area contributed by atoms with Crippen molar-refractivity contribution in [3.8, 4) is 0 Å². The third-order valence-electron chi connectivity index (χ3n) is 4.69. The van der Waals surface area contributed by atoms with Gasteiger partial charge in [0.2, 0.25) is 5.91 Å². The molecule has 1 fully saturated rings. The topological polar surface area (TPSA) is 88.9 Å². The lowest BCUT2D eigenvalue weighted by atomic mass is 10.1. The van der Waals surface area contributed by atoms with Crippen LogP contribution >= 0.6 is 0 Å². The van der Waals surface area contributed by atoms with Gasteiger partial charge in [0.05, 0.1) is 29.9 Å². The molecule has 1 aliphatic heterocycles. The van der Waals surface area contributed by atoms with Crippen LogP contribution in [0.2, 0.25) is 0 Å². The fourth-order valence-electron chi connectivity index (χ4n) is 3.15. The molecule has 2 aromatic rings. The predicted octanol–water partition coefficient (Wildman–Crippen LogP) is 3.85. The number of nitrogens with zero attached hydrogens (tertiary/aromatic N) is 1.